The Morgan fingerprint density at radius 1 is 1.33 bits per heavy atom. The number of carboxylic acids is 1. The molecule has 1 aromatic carbocycles. The number of carboxylic acid groups (broad SMARTS) is 1. The van der Waals surface area contributed by atoms with Crippen molar-refractivity contribution in [3.8, 4) is 0 Å². The predicted octanol–water partition coefficient (Wildman–Crippen LogP) is 1.83. The molecule has 0 saturated carbocycles. The van der Waals surface area contributed by atoms with Gasteiger partial charge in [-0.15, -0.1) is 0 Å². The molecule has 0 saturated heterocycles. The monoisotopic (exact) mass is 248 g/mol. The summed E-state index contributed by atoms with van der Waals surface area (Å²) in [6.45, 7) is 3.10. The predicted molar refractivity (Wildman–Crippen MR) is 71.9 cm³/mol. The van der Waals surface area contributed by atoms with Crippen molar-refractivity contribution in [1.29, 1.82) is 0 Å². The van der Waals surface area contributed by atoms with Crippen LogP contribution in [0.5, 0.6) is 0 Å². The summed E-state index contributed by atoms with van der Waals surface area (Å²) < 4.78 is 0. The standard InChI is InChI=1S/C14H20N2O2/c1-11(15)13(14(17)18)8-9-16(2)10-12-6-4-3-5-7-12/h3-7H,8-10,15H2,1-2H3,(H,17,18). The maximum atomic E-state index is 11.0. The Morgan fingerprint density at radius 2 is 1.94 bits per heavy atom. The third-order valence-electron chi connectivity index (χ3n) is 2.77. The quantitative estimate of drug-likeness (QED) is 0.754. The second-order valence-corrected chi connectivity index (χ2v) is 4.44. The van der Waals surface area contributed by atoms with Crippen LogP contribution in [0.1, 0.15) is 18.9 Å². The smallest absolute Gasteiger partial charge is 0.333 e. The molecule has 0 heterocycles. The van der Waals surface area contributed by atoms with Gasteiger partial charge < -0.3 is 15.7 Å². The molecule has 0 amide bonds. The van der Waals surface area contributed by atoms with Crippen molar-refractivity contribution in [1.82, 2.24) is 4.90 Å². The van der Waals surface area contributed by atoms with E-state index in [4.69, 9.17) is 10.8 Å². The Labute approximate surface area is 108 Å². The molecule has 1 rings (SSSR count). The van der Waals surface area contributed by atoms with E-state index in [0.717, 1.165) is 6.54 Å². The first-order valence-electron chi connectivity index (χ1n) is 5.91. The van der Waals surface area contributed by atoms with Crippen LogP contribution in [-0.2, 0) is 11.3 Å². The number of rotatable bonds is 6. The third kappa shape index (κ3) is 4.59. The van der Waals surface area contributed by atoms with Crippen molar-refractivity contribution < 1.29 is 9.90 Å². The van der Waals surface area contributed by atoms with Crippen LogP contribution >= 0.6 is 0 Å². The van der Waals surface area contributed by atoms with E-state index in [-0.39, 0.29) is 0 Å². The summed E-state index contributed by atoms with van der Waals surface area (Å²) in [6, 6.07) is 10.1. The van der Waals surface area contributed by atoms with E-state index in [9.17, 15) is 4.79 Å². The second kappa shape index (κ2) is 6.81. The van der Waals surface area contributed by atoms with Crippen LogP contribution in [0, 0.1) is 0 Å². The summed E-state index contributed by atoms with van der Waals surface area (Å²) in [6.07, 6.45) is 0.459. The summed E-state index contributed by atoms with van der Waals surface area (Å²) in [5.41, 5.74) is 7.46. The Hall–Kier alpha value is -1.81. The van der Waals surface area contributed by atoms with Crippen LogP contribution in [0.4, 0.5) is 0 Å². The minimum atomic E-state index is -0.928. The van der Waals surface area contributed by atoms with E-state index in [1.54, 1.807) is 6.92 Å². The molecule has 1 aromatic rings. The highest BCUT2D eigenvalue weighted by Crippen LogP contribution is 2.08. The molecule has 0 radical (unpaired) electrons. The Morgan fingerprint density at radius 3 is 2.44 bits per heavy atom. The van der Waals surface area contributed by atoms with Gasteiger partial charge in [0.05, 0.1) is 5.57 Å². The first-order chi connectivity index (χ1) is 8.50. The fraction of sp³-hybridized carbons (Fsp3) is 0.357. The van der Waals surface area contributed by atoms with E-state index in [0.29, 0.717) is 24.2 Å². The van der Waals surface area contributed by atoms with E-state index < -0.39 is 5.97 Å². The van der Waals surface area contributed by atoms with E-state index in [1.165, 1.54) is 5.56 Å². The first kappa shape index (κ1) is 14.3. The minimum absolute atomic E-state index is 0.301. The van der Waals surface area contributed by atoms with Gasteiger partial charge in [-0.3, -0.25) is 0 Å². The fourth-order valence-electron chi connectivity index (χ4n) is 1.75. The van der Waals surface area contributed by atoms with Gasteiger partial charge in [0.2, 0.25) is 0 Å². The van der Waals surface area contributed by atoms with Crippen molar-refractivity contribution >= 4 is 5.97 Å². The second-order valence-electron chi connectivity index (χ2n) is 4.44. The van der Waals surface area contributed by atoms with Crippen LogP contribution < -0.4 is 5.73 Å². The van der Waals surface area contributed by atoms with Crippen LogP contribution in [0.3, 0.4) is 0 Å². The molecule has 0 aliphatic heterocycles. The molecule has 3 N–H and O–H groups in total. The Balaban J connectivity index is 2.49. The van der Waals surface area contributed by atoms with Gasteiger partial charge in [-0.25, -0.2) is 4.79 Å². The average Bonchev–Trinajstić information content (AvgIpc) is 2.29. The number of carbonyl (C=O) groups is 1. The molecular weight excluding hydrogens is 228 g/mol. The molecule has 0 spiro atoms. The van der Waals surface area contributed by atoms with Crippen molar-refractivity contribution in [3.05, 3.63) is 47.2 Å². The van der Waals surface area contributed by atoms with Gasteiger partial charge in [-0.05, 0) is 26.0 Å². The van der Waals surface area contributed by atoms with Gasteiger partial charge in [0.25, 0.3) is 0 Å². The molecule has 0 aliphatic carbocycles. The summed E-state index contributed by atoms with van der Waals surface area (Å²) in [4.78, 5) is 13.0. The number of nitrogens with zero attached hydrogens (tertiary/aromatic N) is 1. The highest BCUT2D eigenvalue weighted by Gasteiger charge is 2.11. The van der Waals surface area contributed by atoms with Crippen LogP contribution in [-0.4, -0.2) is 29.6 Å². The molecule has 98 valence electrons. The molecule has 0 aliphatic rings. The van der Waals surface area contributed by atoms with E-state index in [2.05, 4.69) is 17.0 Å². The van der Waals surface area contributed by atoms with Gasteiger partial charge in [-0.1, -0.05) is 30.3 Å². The third-order valence-corrected chi connectivity index (χ3v) is 2.77. The Bertz CT molecular complexity index is 423. The minimum Gasteiger partial charge on any atom is -0.478 e. The summed E-state index contributed by atoms with van der Waals surface area (Å²) in [7, 11) is 1.97. The number of aliphatic carboxylic acids is 1. The van der Waals surface area contributed by atoms with Gasteiger partial charge >= 0.3 is 5.97 Å². The van der Waals surface area contributed by atoms with Gasteiger partial charge in [0.15, 0.2) is 0 Å². The fourth-order valence-corrected chi connectivity index (χ4v) is 1.75. The van der Waals surface area contributed by atoms with Crippen LogP contribution in [0.15, 0.2) is 41.6 Å². The lowest BCUT2D eigenvalue weighted by molar-refractivity contribution is -0.132. The van der Waals surface area contributed by atoms with Crippen molar-refractivity contribution in [3.63, 3.8) is 0 Å². The Kier molecular flexibility index (Phi) is 5.39. The summed E-state index contributed by atoms with van der Waals surface area (Å²) in [5.74, 6) is -0.928. The molecule has 4 heteroatoms. The number of nitrogens with two attached hydrogens (primary N) is 1. The highest BCUT2D eigenvalue weighted by atomic mass is 16.4. The lowest BCUT2D eigenvalue weighted by Gasteiger charge is -2.17. The van der Waals surface area contributed by atoms with E-state index in [1.807, 2.05) is 25.2 Å². The number of hydrogen-bond donors (Lipinski definition) is 2. The molecule has 0 atom stereocenters. The maximum absolute atomic E-state index is 11.0. The molecule has 0 aromatic heterocycles. The number of benzene rings is 1. The normalized spacial score (nSPS) is 12.4. The molecule has 18 heavy (non-hydrogen) atoms. The maximum Gasteiger partial charge on any atom is 0.333 e. The number of hydrogen-bond acceptors (Lipinski definition) is 3. The average molecular weight is 248 g/mol. The topological polar surface area (TPSA) is 66.6 Å². The SMILES string of the molecule is CC(N)=C(CCN(C)Cc1ccccc1)C(=O)O. The van der Waals surface area contributed by atoms with Crippen molar-refractivity contribution in [2.45, 2.75) is 19.9 Å². The zero-order valence-electron chi connectivity index (χ0n) is 10.9. The molecule has 0 fully saturated rings. The molecular formula is C14H20N2O2. The molecule has 4 nitrogen and oxygen atoms in total. The van der Waals surface area contributed by atoms with E-state index >= 15 is 0 Å². The first-order valence-corrected chi connectivity index (χ1v) is 5.91. The largest absolute Gasteiger partial charge is 0.478 e. The zero-order chi connectivity index (χ0) is 13.5. The lowest BCUT2D eigenvalue weighted by atomic mass is 10.1. The van der Waals surface area contributed by atoms with Gasteiger partial charge in [-0.2, -0.15) is 0 Å². The van der Waals surface area contributed by atoms with Crippen LogP contribution in [0.2, 0.25) is 0 Å². The van der Waals surface area contributed by atoms with Crippen molar-refractivity contribution in [2.75, 3.05) is 13.6 Å². The summed E-state index contributed by atoms with van der Waals surface area (Å²) >= 11 is 0. The zero-order valence-corrected chi connectivity index (χ0v) is 10.9. The molecule has 0 unspecified atom stereocenters. The number of allylic oxidation sites excluding steroid dienone is 1. The van der Waals surface area contributed by atoms with Crippen LogP contribution in [0.25, 0.3) is 0 Å². The van der Waals surface area contributed by atoms with Gasteiger partial charge in [0, 0.05) is 18.8 Å². The van der Waals surface area contributed by atoms with Gasteiger partial charge in [0.1, 0.15) is 0 Å². The molecule has 0 bridgehead atoms. The van der Waals surface area contributed by atoms with Crippen molar-refractivity contribution in [2.24, 2.45) is 5.73 Å². The summed E-state index contributed by atoms with van der Waals surface area (Å²) in [5, 5.41) is 8.99. The highest BCUT2D eigenvalue weighted by molar-refractivity contribution is 5.87. The lowest BCUT2D eigenvalue weighted by Crippen LogP contribution is -2.21.